The summed E-state index contributed by atoms with van der Waals surface area (Å²) in [5.74, 6) is -0.859. The van der Waals surface area contributed by atoms with Crippen LogP contribution in [0.15, 0.2) is 30.6 Å². The number of nitrogens with zero attached hydrogens (tertiary/aromatic N) is 3. The number of hydrogen-bond acceptors (Lipinski definition) is 4. The molecule has 2 amide bonds. The zero-order chi connectivity index (χ0) is 14.1. The van der Waals surface area contributed by atoms with E-state index in [4.69, 9.17) is 0 Å². The maximum Gasteiger partial charge on any atom is 0.249 e. The molecule has 20 heavy (non-hydrogen) atoms. The van der Waals surface area contributed by atoms with Crippen molar-refractivity contribution in [1.82, 2.24) is 14.8 Å². The molecule has 1 aromatic carbocycles. The van der Waals surface area contributed by atoms with Crippen molar-refractivity contribution in [3.63, 3.8) is 0 Å². The van der Waals surface area contributed by atoms with Gasteiger partial charge in [0.25, 0.3) is 0 Å². The van der Waals surface area contributed by atoms with Gasteiger partial charge >= 0.3 is 0 Å². The number of carbonyl (C=O) groups excluding carboxylic acids is 2. The van der Waals surface area contributed by atoms with Crippen LogP contribution in [0.25, 0.3) is 0 Å². The number of hydrogen-bond donors (Lipinski definition) is 2. The summed E-state index contributed by atoms with van der Waals surface area (Å²) in [5.41, 5.74) is 0.448. The zero-order valence-electron chi connectivity index (χ0n) is 10.2. The maximum atomic E-state index is 12.8. The van der Waals surface area contributed by atoms with Gasteiger partial charge in [-0.25, -0.2) is 9.07 Å². The molecule has 1 atom stereocenters. The lowest BCUT2D eigenvalue weighted by molar-refractivity contribution is -0.125. The lowest BCUT2D eigenvalue weighted by atomic mass is 10.1. The molecule has 2 heterocycles. The average molecular weight is 275 g/mol. The smallest absolute Gasteiger partial charge is 0.249 e. The van der Waals surface area contributed by atoms with Crippen LogP contribution in [0.1, 0.15) is 12.5 Å². The minimum atomic E-state index is -0.772. The third-order valence-corrected chi connectivity index (χ3v) is 2.91. The average Bonchev–Trinajstić information content (AvgIpc) is 2.88. The normalized spacial score (nSPS) is 17.2. The van der Waals surface area contributed by atoms with Crippen LogP contribution in [0.3, 0.4) is 0 Å². The van der Waals surface area contributed by atoms with Crippen molar-refractivity contribution < 1.29 is 14.0 Å². The van der Waals surface area contributed by atoms with Crippen LogP contribution in [0.2, 0.25) is 0 Å². The number of amides is 2. The first-order chi connectivity index (χ1) is 9.63. The highest BCUT2D eigenvalue weighted by Gasteiger charge is 2.31. The standard InChI is InChI=1S/C12H10FN5O2/c13-7-1-3-8(4-2-7)16-11(20)9-5-10(19)17-12-14-6-15-18(9)12/h1-4,6,9H,5H2,(H,16,20)(H,14,15,17,19)/t9-/m1/s1. The van der Waals surface area contributed by atoms with Crippen molar-refractivity contribution >= 4 is 23.5 Å². The van der Waals surface area contributed by atoms with E-state index in [2.05, 4.69) is 20.7 Å². The monoisotopic (exact) mass is 275 g/mol. The van der Waals surface area contributed by atoms with E-state index >= 15 is 0 Å². The van der Waals surface area contributed by atoms with Gasteiger partial charge in [-0.1, -0.05) is 0 Å². The molecule has 0 saturated carbocycles. The fraction of sp³-hybridized carbons (Fsp3) is 0.167. The molecule has 1 aromatic heterocycles. The summed E-state index contributed by atoms with van der Waals surface area (Å²) in [6.45, 7) is 0. The van der Waals surface area contributed by atoms with Crippen LogP contribution in [-0.2, 0) is 9.59 Å². The van der Waals surface area contributed by atoms with Crippen molar-refractivity contribution in [1.29, 1.82) is 0 Å². The van der Waals surface area contributed by atoms with Crippen LogP contribution in [0.5, 0.6) is 0 Å². The SMILES string of the molecule is O=C1C[C@H](C(=O)Nc2ccc(F)cc2)n2ncnc2N1. The molecule has 0 saturated heterocycles. The van der Waals surface area contributed by atoms with E-state index in [9.17, 15) is 14.0 Å². The second-order valence-electron chi connectivity index (χ2n) is 4.29. The molecular formula is C12H10FN5O2. The van der Waals surface area contributed by atoms with Crippen molar-refractivity contribution in [2.45, 2.75) is 12.5 Å². The van der Waals surface area contributed by atoms with Crippen LogP contribution in [0, 0.1) is 5.82 Å². The van der Waals surface area contributed by atoms with Crippen LogP contribution in [-0.4, -0.2) is 26.6 Å². The Morgan fingerprint density at radius 2 is 2.15 bits per heavy atom. The largest absolute Gasteiger partial charge is 0.324 e. The van der Waals surface area contributed by atoms with E-state index in [0.717, 1.165) is 0 Å². The third-order valence-electron chi connectivity index (χ3n) is 2.91. The van der Waals surface area contributed by atoms with Crippen molar-refractivity contribution in [2.24, 2.45) is 0 Å². The van der Waals surface area contributed by atoms with E-state index < -0.39 is 17.8 Å². The summed E-state index contributed by atoms with van der Waals surface area (Å²) in [6, 6.07) is 4.59. The molecule has 0 radical (unpaired) electrons. The molecule has 1 aliphatic rings. The number of fused-ring (bicyclic) bond motifs is 1. The predicted molar refractivity (Wildman–Crippen MR) is 67.3 cm³/mol. The Labute approximate surface area is 112 Å². The molecule has 1 aliphatic heterocycles. The van der Waals surface area contributed by atoms with Crippen LogP contribution in [0.4, 0.5) is 16.0 Å². The van der Waals surface area contributed by atoms with Gasteiger partial charge in [-0.05, 0) is 24.3 Å². The molecule has 7 nitrogen and oxygen atoms in total. The summed E-state index contributed by atoms with van der Waals surface area (Å²) in [6.07, 6.45) is 1.24. The number of nitrogens with one attached hydrogen (secondary N) is 2. The summed E-state index contributed by atoms with van der Waals surface area (Å²) < 4.78 is 14.1. The van der Waals surface area contributed by atoms with Crippen molar-refractivity contribution in [3.05, 3.63) is 36.4 Å². The summed E-state index contributed by atoms with van der Waals surface area (Å²) in [4.78, 5) is 27.5. The molecule has 2 N–H and O–H groups in total. The molecule has 0 unspecified atom stereocenters. The zero-order valence-corrected chi connectivity index (χ0v) is 10.2. The number of halogens is 1. The Morgan fingerprint density at radius 1 is 1.40 bits per heavy atom. The van der Waals surface area contributed by atoms with E-state index in [1.165, 1.54) is 35.3 Å². The summed E-state index contributed by atoms with van der Waals surface area (Å²) in [7, 11) is 0. The highest BCUT2D eigenvalue weighted by atomic mass is 19.1. The van der Waals surface area contributed by atoms with Gasteiger partial charge < -0.3 is 5.32 Å². The van der Waals surface area contributed by atoms with E-state index in [1.54, 1.807) is 0 Å². The van der Waals surface area contributed by atoms with Crippen molar-refractivity contribution in [2.75, 3.05) is 10.6 Å². The Morgan fingerprint density at radius 3 is 2.90 bits per heavy atom. The fourth-order valence-electron chi connectivity index (χ4n) is 1.97. The quantitative estimate of drug-likeness (QED) is 0.853. The van der Waals surface area contributed by atoms with Gasteiger partial charge in [0.1, 0.15) is 18.2 Å². The minimum Gasteiger partial charge on any atom is -0.324 e. The number of carbonyl (C=O) groups is 2. The number of benzene rings is 1. The molecule has 3 rings (SSSR count). The molecule has 102 valence electrons. The Kier molecular flexibility index (Phi) is 2.90. The van der Waals surface area contributed by atoms with Crippen molar-refractivity contribution in [3.8, 4) is 0 Å². The Balaban J connectivity index is 1.81. The molecule has 0 aliphatic carbocycles. The van der Waals surface area contributed by atoms with E-state index in [-0.39, 0.29) is 18.3 Å². The Hall–Kier alpha value is -2.77. The van der Waals surface area contributed by atoms with Gasteiger partial charge in [0.15, 0.2) is 0 Å². The molecule has 0 spiro atoms. The van der Waals surface area contributed by atoms with Gasteiger partial charge in [0, 0.05) is 5.69 Å². The number of anilines is 2. The van der Waals surface area contributed by atoms with Crippen LogP contribution < -0.4 is 10.6 Å². The predicted octanol–water partition coefficient (Wildman–Crippen LogP) is 0.939. The highest BCUT2D eigenvalue weighted by Crippen LogP contribution is 2.23. The third kappa shape index (κ3) is 2.22. The fourth-order valence-corrected chi connectivity index (χ4v) is 1.97. The summed E-state index contributed by atoms with van der Waals surface area (Å²) in [5, 5.41) is 9.05. The second-order valence-corrected chi connectivity index (χ2v) is 4.29. The highest BCUT2D eigenvalue weighted by molar-refractivity contribution is 6.00. The van der Waals surface area contributed by atoms with Crippen LogP contribution >= 0.6 is 0 Å². The van der Waals surface area contributed by atoms with Gasteiger partial charge in [-0.2, -0.15) is 10.1 Å². The molecular weight excluding hydrogens is 265 g/mol. The topological polar surface area (TPSA) is 88.9 Å². The number of rotatable bonds is 2. The summed E-state index contributed by atoms with van der Waals surface area (Å²) >= 11 is 0. The molecule has 0 bridgehead atoms. The lowest BCUT2D eigenvalue weighted by Crippen LogP contribution is -2.35. The number of aromatic nitrogens is 3. The lowest BCUT2D eigenvalue weighted by Gasteiger charge is -2.22. The first-order valence-corrected chi connectivity index (χ1v) is 5.89. The van der Waals surface area contributed by atoms with E-state index in [0.29, 0.717) is 5.69 Å². The van der Waals surface area contributed by atoms with Gasteiger partial charge in [0.2, 0.25) is 17.8 Å². The van der Waals surface area contributed by atoms with Gasteiger partial charge in [-0.15, -0.1) is 0 Å². The molecule has 0 fully saturated rings. The van der Waals surface area contributed by atoms with E-state index in [1.807, 2.05) is 0 Å². The maximum absolute atomic E-state index is 12.8. The first kappa shape index (κ1) is 12.3. The second kappa shape index (κ2) is 4.72. The molecule has 8 heteroatoms. The van der Waals surface area contributed by atoms with Gasteiger partial charge in [-0.3, -0.25) is 14.9 Å². The van der Waals surface area contributed by atoms with Gasteiger partial charge in [0.05, 0.1) is 6.42 Å². The minimum absolute atomic E-state index is 0.0244. The first-order valence-electron chi connectivity index (χ1n) is 5.89. The molecule has 2 aromatic rings. The Bertz CT molecular complexity index is 667.